The maximum atomic E-state index is 5.98. The molecule has 0 aliphatic rings. The molecule has 0 heterocycles. The molecule has 0 N–H and O–H groups in total. The zero-order chi connectivity index (χ0) is 8.43. The molecule has 1 aromatic rings. The molecule has 0 aliphatic carbocycles. The van der Waals surface area contributed by atoms with Crippen LogP contribution in [0, 0.1) is 0 Å². The summed E-state index contributed by atoms with van der Waals surface area (Å²) in [5.41, 5.74) is 1.07. The molecule has 0 atom stereocenters. The van der Waals surface area contributed by atoms with E-state index in [2.05, 4.69) is 6.07 Å². The van der Waals surface area contributed by atoms with Gasteiger partial charge < -0.3 is 0 Å². The first kappa shape index (κ1) is 9.00. The molecule has 1 rings (SSSR count). The van der Waals surface area contributed by atoms with Crippen LogP contribution < -0.4 is 9.14 Å². The molecule has 1 nitrogen and oxygen atoms in total. The molecule has 0 radical (unpaired) electrons. The zero-order valence-corrected chi connectivity index (χ0v) is 7.81. The van der Waals surface area contributed by atoms with Crippen molar-refractivity contribution in [2.75, 3.05) is 19.0 Å². The topological polar surface area (TPSA) is 3.24 Å². The van der Waals surface area contributed by atoms with Crippen molar-refractivity contribution in [3.05, 3.63) is 23.2 Å². The van der Waals surface area contributed by atoms with E-state index in [-0.39, 0.29) is 0 Å². The molecule has 0 spiro atoms. The average Bonchev–Trinajstić information content (AvgIpc) is 1.85. The van der Waals surface area contributed by atoms with Crippen LogP contribution in [-0.4, -0.2) is 31.8 Å². The van der Waals surface area contributed by atoms with Gasteiger partial charge in [-0.2, -0.15) is 0 Å². The summed E-state index contributed by atoms with van der Waals surface area (Å²) in [6.07, 6.45) is 0. The summed E-state index contributed by atoms with van der Waals surface area (Å²) in [5, 5.41) is 0.815. The second-order valence-corrected chi connectivity index (χ2v) is 3.26. The van der Waals surface area contributed by atoms with Crippen LogP contribution in [0.3, 0.4) is 0 Å². The number of halogens is 1. The van der Waals surface area contributed by atoms with Crippen LogP contribution in [0.2, 0.25) is 5.02 Å². The van der Waals surface area contributed by atoms with Crippen molar-refractivity contribution in [1.82, 2.24) is 0 Å². The fourth-order valence-corrected chi connectivity index (χ4v) is 1.38. The van der Waals surface area contributed by atoms with E-state index in [4.69, 9.17) is 11.6 Å². The van der Waals surface area contributed by atoms with E-state index < -0.39 is 0 Å². The normalized spacial score (nSPS) is 9.91. The van der Waals surface area contributed by atoms with Crippen LogP contribution in [0.15, 0.2) is 18.2 Å². The van der Waals surface area contributed by atoms with Gasteiger partial charge in [0.25, 0.3) is 0 Å². The number of nitrogens with zero attached hydrogens (tertiary/aromatic N) is 1. The molecule has 0 amide bonds. The Kier molecular flexibility index (Phi) is 2.89. The van der Waals surface area contributed by atoms with Gasteiger partial charge in [0.2, 0.25) is 0 Å². The number of benzene rings is 1. The van der Waals surface area contributed by atoms with Crippen LogP contribution in [-0.2, 0) is 0 Å². The van der Waals surface area contributed by atoms with Gasteiger partial charge in [-0.1, -0.05) is 0 Å². The van der Waals surface area contributed by atoms with Crippen molar-refractivity contribution in [3.8, 4) is 0 Å². The average molecular weight is 162 g/mol. The van der Waals surface area contributed by atoms with E-state index in [1.54, 1.807) is 0 Å². The van der Waals surface area contributed by atoms with Crippen molar-refractivity contribution >= 4 is 39.2 Å². The Bertz CT molecular complexity index is 260. The molecule has 3 heteroatoms. The number of anilines is 1. The third-order valence-corrected chi connectivity index (χ3v) is 1.89. The van der Waals surface area contributed by atoms with Crippen LogP contribution >= 0.6 is 11.6 Å². The zero-order valence-electron chi connectivity index (χ0n) is 7.06. The number of hydrogen-bond acceptors (Lipinski definition) is 1. The predicted molar refractivity (Wildman–Crippen MR) is 51.2 cm³/mol. The van der Waals surface area contributed by atoms with Gasteiger partial charge in [0.1, 0.15) is 0 Å². The second kappa shape index (κ2) is 3.54. The first-order chi connectivity index (χ1) is 5.11. The van der Waals surface area contributed by atoms with Gasteiger partial charge in [-0.25, -0.2) is 0 Å². The molecule has 0 bridgehead atoms. The molecule has 0 aromatic heterocycles. The van der Waals surface area contributed by atoms with E-state index in [0.717, 1.165) is 10.7 Å². The fraction of sp³-hybridized carbons (Fsp3) is 0.250. The molecule has 0 aliphatic heterocycles. The Morgan fingerprint density at radius 2 is 2.00 bits per heavy atom. The van der Waals surface area contributed by atoms with Gasteiger partial charge >= 0.3 is 81.5 Å². The molecular weight excluding hydrogens is 152 g/mol. The molecule has 11 heavy (non-hydrogen) atoms. The van der Waals surface area contributed by atoms with Crippen molar-refractivity contribution in [2.45, 2.75) is 0 Å². The van der Waals surface area contributed by atoms with Crippen LogP contribution in [0.25, 0.3) is 0 Å². The fourth-order valence-electron chi connectivity index (χ4n) is 0.975. The van der Waals surface area contributed by atoms with Crippen molar-refractivity contribution in [1.29, 1.82) is 0 Å². The van der Waals surface area contributed by atoms with E-state index in [0.29, 0.717) is 0 Å². The summed E-state index contributed by atoms with van der Waals surface area (Å²) in [6.45, 7) is 0. The Morgan fingerprint density at radius 3 is 2.45 bits per heavy atom. The first-order valence-electron chi connectivity index (χ1n) is 3.55. The summed E-state index contributed by atoms with van der Waals surface area (Å²) >= 11 is 8.02. The Balaban J connectivity index is 3.09. The molecule has 1 aromatic carbocycles. The van der Waals surface area contributed by atoms with E-state index >= 15 is 0 Å². The predicted octanol–water partition coefficient (Wildman–Crippen LogP) is 1.20. The number of hydrogen-bond donors (Lipinski definition) is 0. The maximum absolute atomic E-state index is 5.98. The van der Waals surface area contributed by atoms with Crippen molar-refractivity contribution < 1.29 is 0 Å². The van der Waals surface area contributed by atoms with E-state index in [9.17, 15) is 0 Å². The SMILES string of the molecule is [Li][c]1ccc(N(C)C)c(Cl)c1. The van der Waals surface area contributed by atoms with Crippen molar-refractivity contribution in [3.63, 3.8) is 0 Å². The quantitative estimate of drug-likeness (QED) is 0.560. The minimum absolute atomic E-state index is 0.815. The molecular formula is C8H9ClLiN. The molecule has 0 saturated carbocycles. The summed E-state index contributed by atoms with van der Waals surface area (Å²) in [5.74, 6) is 0. The summed E-state index contributed by atoms with van der Waals surface area (Å²) in [4.78, 5) is 2.00. The summed E-state index contributed by atoms with van der Waals surface area (Å²) in [6, 6.07) is 6.05. The third-order valence-electron chi connectivity index (χ3n) is 1.58. The van der Waals surface area contributed by atoms with E-state index in [1.807, 2.05) is 48.8 Å². The van der Waals surface area contributed by atoms with Crippen molar-refractivity contribution in [2.24, 2.45) is 0 Å². The van der Waals surface area contributed by atoms with Gasteiger partial charge in [0, 0.05) is 0 Å². The van der Waals surface area contributed by atoms with Gasteiger partial charge in [-0.15, -0.1) is 0 Å². The molecule has 0 unspecified atom stereocenters. The second-order valence-electron chi connectivity index (χ2n) is 2.85. The van der Waals surface area contributed by atoms with Gasteiger partial charge in [-0.3, -0.25) is 0 Å². The standard InChI is InChI=1S/C8H9ClN.Li/c1-10(2)8-6-4-3-5-7(8)9;/h4-6H,1-2H3;. The van der Waals surface area contributed by atoms with Crippen LogP contribution in [0.1, 0.15) is 0 Å². The van der Waals surface area contributed by atoms with Gasteiger partial charge in [0.05, 0.1) is 0 Å². The third kappa shape index (κ3) is 2.17. The van der Waals surface area contributed by atoms with Gasteiger partial charge in [0.15, 0.2) is 0 Å². The Morgan fingerprint density at radius 1 is 1.36 bits per heavy atom. The minimum atomic E-state index is 0.815. The number of rotatable bonds is 1. The van der Waals surface area contributed by atoms with E-state index in [1.165, 1.54) is 4.24 Å². The Labute approximate surface area is 81.5 Å². The Hall–Kier alpha value is -0.0926. The monoisotopic (exact) mass is 161 g/mol. The molecule has 54 valence electrons. The molecule has 0 fully saturated rings. The molecule has 0 saturated heterocycles. The summed E-state index contributed by atoms with van der Waals surface area (Å²) in [7, 11) is 3.97. The summed E-state index contributed by atoms with van der Waals surface area (Å²) < 4.78 is 1.20. The van der Waals surface area contributed by atoms with Crippen LogP contribution in [0.4, 0.5) is 5.69 Å². The van der Waals surface area contributed by atoms with Gasteiger partial charge in [-0.05, 0) is 0 Å². The van der Waals surface area contributed by atoms with Crippen LogP contribution in [0.5, 0.6) is 0 Å². The first-order valence-corrected chi connectivity index (χ1v) is 3.92.